The van der Waals surface area contributed by atoms with E-state index in [1.807, 2.05) is 24.5 Å². The van der Waals surface area contributed by atoms with Gasteiger partial charge in [0.15, 0.2) is 11.5 Å². The Kier molecular flexibility index (Phi) is 4.93. The molecule has 7 heteroatoms. The molecule has 1 aromatic heterocycles. The van der Waals surface area contributed by atoms with Crippen molar-refractivity contribution in [2.45, 2.75) is 12.8 Å². The zero-order valence-electron chi connectivity index (χ0n) is 16.5. The SMILES string of the molecule is O=C(Nc1ccc2c(c1)OCCO2)c1ccc(-c2cnc(N3CCCC3)nc2)cc1. The van der Waals surface area contributed by atoms with E-state index in [0.29, 0.717) is 36.0 Å². The molecule has 1 fully saturated rings. The number of hydrogen-bond acceptors (Lipinski definition) is 6. The van der Waals surface area contributed by atoms with Crippen molar-refractivity contribution in [3.63, 3.8) is 0 Å². The Morgan fingerprint density at radius 1 is 0.867 bits per heavy atom. The van der Waals surface area contributed by atoms with Crippen LogP contribution in [0.5, 0.6) is 11.5 Å². The molecule has 0 atom stereocenters. The number of carbonyl (C=O) groups is 1. The van der Waals surface area contributed by atoms with Gasteiger partial charge in [0.1, 0.15) is 13.2 Å². The van der Waals surface area contributed by atoms with E-state index < -0.39 is 0 Å². The highest BCUT2D eigenvalue weighted by atomic mass is 16.6. The number of amides is 1. The molecule has 152 valence electrons. The molecule has 3 aromatic rings. The van der Waals surface area contributed by atoms with E-state index in [9.17, 15) is 4.79 Å². The molecule has 2 aromatic carbocycles. The van der Waals surface area contributed by atoms with E-state index in [1.165, 1.54) is 12.8 Å². The molecule has 2 aliphatic heterocycles. The van der Waals surface area contributed by atoms with Gasteiger partial charge in [-0.2, -0.15) is 0 Å². The number of hydrogen-bond donors (Lipinski definition) is 1. The van der Waals surface area contributed by atoms with Crippen molar-refractivity contribution in [2.24, 2.45) is 0 Å². The minimum absolute atomic E-state index is 0.182. The smallest absolute Gasteiger partial charge is 0.255 e. The van der Waals surface area contributed by atoms with Gasteiger partial charge < -0.3 is 19.7 Å². The van der Waals surface area contributed by atoms with Gasteiger partial charge in [-0.15, -0.1) is 0 Å². The molecule has 5 rings (SSSR count). The van der Waals surface area contributed by atoms with Crippen LogP contribution in [0.1, 0.15) is 23.2 Å². The van der Waals surface area contributed by atoms with Crippen LogP contribution in [0.2, 0.25) is 0 Å². The molecular formula is C23H22N4O3. The van der Waals surface area contributed by atoms with Gasteiger partial charge in [0.2, 0.25) is 5.95 Å². The monoisotopic (exact) mass is 402 g/mol. The Balaban J connectivity index is 1.27. The Morgan fingerprint density at radius 3 is 2.30 bits per heavy atom. The van der Waals surface area contributed by atoms with Crippen LogP contribution < -0.4 is 19.7 Å². The van der Waals surface area contributed by atoms with E-state index in [1.54, 1.807) is 30.3 Å². The summed E-state index contributed by atoms with van der Waals surface area (Å²) in [6, 6.07) is 12.8. The summed E-state index contributed by atoms with van der Waals surface area (Å²) in [4.78, 5) is 23.8. The third kappa shape index (κ3) is 3.78. The molecule has 1 N–H and O–H groups in total. The van der Waals surface area contributed by atoms with Crippen molar-refractivity contribution in [2.75, 3.05) is 36.5 Å². The van der Waals surface area contributed by atoms with Crippen LogP contribution in [0.15, 0.2) is 54.9 Å². The lowest BCUT2D eigenvalue weighted by Gasteiger charge is -2.19. The van der Waals surface area contributed by atoms with E-state index in [2.05, 4.69) is 20.2 Å². The molecule has 0 bridgehead atoms. The molecule has 7 nitrogen and oxygen atoms in total. The number of rotatable bonds is 4. The number of aromatic nitrogens is 2. The fourth-order valence-corrected chi connectivity index (χ4v) is 3.69. The van der Waals surface area contributed by atoms with Crippen molar-refractivity contribution >= 4 is 17.5 Å². The molecule has 30 heavy (non-hydrogen) atoms. The number of fused-ring (bicyclic) bond motifs is 1. The second kappa shape index (κ2) is 8.02. The minimum Gasteiger partial charge on any atom is -0.486 e. The zero-order chi connectivity index (χ0) is 20.3. The van der Waals surface area contributed by atoms with E-state index in [-0.39, 0.29) is 5.91 Å². The highest BCUT2D eigenvalue weighted by Gasteiger charge is 2.15. The fraction of sp³-hybridized carbons (Fsp3) is 0.261. The molecular weight excluding hydrogens is 380 g/mol. The zero-order valence-corrected chi connectivity index (χ0v) is 16.5. The third-order valence-corrected chi connectivity index (χ3v) is 5.31. The fourth-order valence-electron chi connectivity index (χ4n) is 3.69. The quantitative estimate of drug-likeness (QED) is 0.716. The Labute approximate surface area is 174 Å². The first-order chi connectivity index (χ1) is 14.8. The average Bonchev–Trinajstić information content (AvgIpc) is 3.34. The number of ether oxygens (including phenoxy) is 2. The Morgan fingerprint density at radius 2 is 1.57 bits per heavy atom. The second-order valence-electron chi connectivity index (χ2n) is 7.36. The lowest BCUT2D eigenvalue weighted by Crippen LogP contribution is -2.20. The summed E-state index contributed by atoms with van der Waals surface area (Å²) in [5.74, 6) is 1.94. The van der Waals surface area contributed by atoms with Gasteiger partial charge in [0.05, 0.1) is 0 Å². The standard InChI is InChI=1S/C23H22N4O3/c28-22(26-19-7-8-20-21(13-19)30-12-11-29-20)17-5-3-16(4-6-17)18-14-24-23(25-15-18)27-9-1-2-10-27/h3-8,13-15H,1-2,9-12H2,(H,26,28). The first-order valence-electron chi connectivity index (χ1n) is 10.1. The number of carbonyl (C=O) groups excluding carboxylic acids is 1. The third-order valence-electron chi connectivity index (χ3n) is 5.31. The van der Waals surface area contributed by atoms with Crippen molar-refractivity contribution in [1.82, 2.24) is 9.97 Å². The van der Waals surface area contributed by atoms with Crippen LogP contribution >= 0.6 is 0 Å². The maximum absolute atomic E-state index is 12.6. The molecule has 1 amide bonds. The summed E-state index contributed by atoms with van der Waals surface area (Å²) >= 11 is 0. The predicted molar refractivity (Wildman–Crippen MR) is 114 cm³/mol. The molecule has 1 saturated heterocycles. The van der Waals surface area contributed by atoms with Crippen molar-refractivity contribution in [1.29, 1.82) is 0 Å². The largest absolute Gasteiger partial charge is 0.486 e. The van der Waals surface area contributed by atoms with Crippen LogP contribution in [0.4, 0.5) is 11.6 Å². The summed E-state index contributed by atoms with van der Waals surface area (Å²) in [6.45, 7) is 3.09. The van der Waals surface area contributed by atoms with Gasteiger partial charge in [0.25, 0.3) is 5.91 Å². The van der Waals surface area contributed by atoms with E-state index in [4.69, 9.17) is 9.47 Å². The number of anilines is 2. The van der Waals surface area contributed by atoms with Gasteiger partial charge in [-0.3, -0.25) is 4.79 Å². The van der Waals surface area contributed by atoms with Crippen LogP contribution in [0.25, 0.3) is 11.1 Å². The summed E-state index contributed by atoms with van der Waals surface area (Å²) in [7, 11) is 0. The molecule has 0 radical (unpaired) electrons. The Bertz CT molecular complexity index is 1050. The maximum Gasteiger partial charge on any atom is 0.255 e. The maximum atomic E-state index is 12.6. The normalized spacial score (nSPS) is 15.1. The number of nitrogens with one attached hydrogen (secondary N) is 1. The molecule has 3 heterocycles. The van der Waals surface area contributed by atoms with Crippen molar-refractivity contribution < 1.29 is 14.3 Å². The van der Waals surface area contributed by atoms with Gasteiger partial charge in [-0.05, 0) is 42.7 Å². The summed E-state index contributed by atoms with van der Waals surface area (Å²) < 4.78 is 11.1. The molecule has 2 aliphatic rings. The minimum atomic E-state index is -0.182. The number of nitrogens with zero attached hydrogens (tertiary/aromatic N) is 3. The van der Waals surface area contributed by atoms with Crippen LogP contribution in [0.3, 0.4) is 0 Å². The van der Waals surface area contributed by atoms with E-state index in [0.717, 1.165) is 30.2 Å². The second-order valence-corrected chi connectivity index (χ2v) is 7.36. The highest BCUT2D eigenvalue weighted by Crippen LogP contribution is 2.32. The first-order valence-corrected chi connectivity index (χ1v) is 10.1. The molecule has 0 aliphatic carbocycles. The summed E-state index contributed by atoms with van der Waals surface area (Å²) in [5.41, 5.74) is 3.14. The lowest BCUT2D eigenvalue weighted by molar-refractivity contribution is 0.102. The van der Waals surface area contributed by atoms with Gasteiger partial charge >= 0.3 is 0 Å². The lowest BCUT2D eigenvalue weighted by atomic mass is 10.1. The predicted octanol–water partition coefficient (Wildman–Crippen LogP) is 3.77. The van der Waals surface area contributed by atoms with Crippen LogP contribution in [0, 0.1) is 0 Å². The highest BCUT2D eigenvalue weighted by molar-refractivity contribution is 6.04. The van der Waals surface area contributed by atoms with E-state index >= 15 is 0 Å². The average molecular weight is 402 g/mol. The molecule has 0 saturated carbocycles. The molecule has 0 spiro atoms. The van der Waals surface area contributed by atoms with Crippen molar-refractivity contribution in [3.8, 4) is 22.6 Å². The Hall–Kier alpha value is -3.61. The summed E-state index contributed by atoms with van der Waals surface area (Å²) in [6.07, 6.45) is 6.07. The van der Waals surface area contributed by atoms with Gasteiger partial charge in [0, 0.05) is 48.4 Å². The van der Waals surface area contributed by atoms with Crippen molar-refractivity contribution in [3.05, 3.63) is 60.4 Å². The molecule has 0 unspecified atom stereocenters. The van der Waals surface area contributed by atoms with Gasteiger partial charge in [-0.1, -0.05) is 12.1 Å². The first kappa shape index (κ1) is 18.4. The van der Waals surface area contributed by atoms with Gasteiger partial charge in [-0.25, -0.2) is 9.97 Å². The van der Waals surface area contributed by atoms with Crippen LogP contribution in [-0.4, -0.2) is 42.2 Å². The topological polar surface area (TPSA) is 76.6 Å². The number of benzene rings is 2. The van der Waals surface area contributed by atoms with Crippen LogP contribution in [-0.2, 0) is 0 Å². The summed E-state index contributed by atoms with van der Waals surface area (Å²) in [5, 5.41) is 2.90.